The SMILES string of the molecule is Cc1nc(-c2ccc(N3CCN(C(=O)c4cc5ccccc5s4)CC3)nc2)no1. The fourth-order valence-corrected chi connectivity index (χ4v) is 4.53. The summed E-state index contributed by atoms with van der Waals surface area (Å²) in [5.41, 5.74) is 0.823. The summed E-state index contributed by atoms with van der Waals surface area (Å²) in [6.45, 7) is 4.63. The number of aromatic nitrogens is 3. The number of rotatable bonds is 3. The van der Waals surface area contributed by atoms with E-state index in [9.17, 15) is 4.79 Å². The van der Waals surface area contributed by atoms with Crippen LogP contribution in [0.3, 0.4) is 0 Å². The summed E-state index contributed by atoms with van der Waals surface area (Å²) in [5.74, 6) is 2.08. The lowest BCUT2D eigenvalue weighted by Gasteiger charge is -2.35. The van der Waals surface area contributed by atoms with Crippen LogP contribution >= 0.6 is 11.3 Å². The summed E-state index contributed by atoms with van der Waals surface area (Å²) in [4.78, 5) is 26.6. The van der Waals surface area contributed by atoms with E-state index < -0.39 is 0 Å². The van der Waals surface area contributed by atoms with Crippen LogP contribution in [-0.2, 0) is 0 Å². The number of benzene rings is 1. The Labute approximate surface area is 171 Å². The summed E-state index contributed by atoms with van der Waals surface area (Å²) in [6.07, 6.45) is 1.76. The van der Waals surface area contributed by atoms with Gasteiger partial charge in [-0.25, -0.2) is 4.98 Å². The Morgan fingerprint density at radius 2 is 1.93 bits per heavy atom. The summed E-state index contributed by atoms with van der Waals surface area (Å²) >= 11 is 1.56. The molecule has 1 fully saturated rings. The van der Waals surface area contributed by atoms with Crippen molar-refractivity contribution in [3.05, 3.63) is 59.4 Å². The molecule has 4 aromatic rings. The van der Waals surface area contributed by atoms with Gasteiger partial charge in [-0.05, 0) is 29.7 Å². The highest BCUT2D eigenvalue weighted by Crippen LogP contribution is 2.27. The second-order valence-corrected chi connectivity index (χ2v) is 8.05. The smallest absolute Gasteiger partial charge is 0.264 e. The van der Waals surface area contributed by atoms with E-state index in [4.69, 9.17) is 4.52 Å². The monoisotopic (exact) mass is 405 g/mol. The molecule has 4 heterocycles. The third kappa shape index (κ3) is 3.47. The summed E-state index contributed by atoms with van der Waals surface area (Å²) in [6, 6.07) is 14.0. The molecule has 1 amide bonds. The van der Waals surface area contributed by atoms with Gasteiger partial charge in [0.25, 0.3) is 5.91 Å². The van der Waals surface area contributed by atoms with Gasteiger partial charge < -0.3 is 14.3 Å². The largest absolute Gasteiger partial charge is 0.353 e. The van der Waals surface area contributed by atoms with Gasteiger partial charge in [0.05, 0.1) is 4.88 Å². The van der Waals surface area contributed by atoms with E-state index in [1.807, 2.05) is 41.3 Å². The van der Waals surface area contributed by atoms with Crippen molar-refractivity contribution in [2.45, 2.75) is 6.92 Å². The number of anilines is 1. The van der Waals surface area contributed by atoms with E-state index in [0.717, 1.165) is 39.4 Å². The second-order valence-electron chi connectivity index (χ2n) is 6.97. The first kappa shape index (κ1) is 17.8. The normalized spacial score (nSPS) is 14.5. The molecule has 146 valence electrons. The molecule has 1 aliphatic heterocycles. The molecule has 1 aromatic carbocycles. The molecule has 0 saturated carbocycles. The van der Waals surface area contributed by atoms with Crippen molar-refractivity contribution < 1.29 is 9.32 Å². The Morgan fingerprint density at radius 3 is 2.62 bits per heavy atom. The van der Waals surface area contributed by atoms with Gasteiger partial charge in [-0.2, -0.15) is 4.98 Å². The maximum Gasteiger partial charge on any atom is 0.264 e. The molecule has 0 spiro atoms. The van der Waals surface area contributed by atoms with Crippen molar-refractivity contribution in [1.82, 2.24) is 20.0 Å². The number of nitrogens with zero attached hydrogens (tertiary/aromatic N) is 5. The minimum Gasteiger partial charge on any atom is -0.353 e. The molecule has 29 heavy (non-hydrogen) atoms. The zero-order valence-electron chi connectivity index (χ0n) is 15.9. The molecular formula is C21H19N5O2S. The third-order valence-corrected chi connectivity index (χ3v) is 6.16. The number of amides is 1. The van der Waals surface area contributed by atoms with Crippen LogP contribution in [0.1, 0.15) is 15.6 Å². The number of thiophene rings is 1. The third-order valence-electron chi connectivity index (χ3n) is 5.06. The van der Waals surface area contributed by atoms with Crippen LogP contribution in [0.5, 0.6) is 0 Å². The van der Waals surface area contributed by atoms with Crippen molar-refractivity contribution in [1.29, 1.82) is 0 Å². The number of hydrogen-bond acceptors (Lipinski definition) is 7. The highest BCUT2D eigenvalue weighted by atomic mass is 32.1. The summed E-state index contributed by atoms with van der Waals surface area (Å²) < 4.78 is 6.17. The minimum atomic E-state index is 0.113. The topological polar surface area (TPSA) is 75.4 Å². The van der Waals surface area contributed by atoms with Crippen molar-refractivity contribution in [2.75, 3.05) is 31.1 Å². The number of fused-ring (bicyclic) bond motifs is 1. The zero-order chi connectivity index (χ0) is 19.8. The quantitative estimate of drug-likeness (QED) is 0.518. The van der Waals surface area contributed by atoms with E-state index in [-0.39, 0.29) is 5.91 Å². The first-order valence-electron chi connectivity index (χ1n) is 9.47. The number of carbonyl (C=O) groups is 1. The number of piperazine rings is 1. The lowest BCUT2D eigenvalue weighted by atomic mass is 10.2. The molecule has 3 aromatic heterocycles. The maximum atomic E-state index is 12.9. The molecular weight excluding hydrogens is 386 g/mol. The molecule has 0 unspecified atom stereocenters. The van der Waals surface area contributed by atoms with Crippen molar-refractivity contribution in [3.8, 4) is 11.4 Å². The average molecular weight is 405 g/mol. The lowest BCUT2D eigenvalue weighted by Crippen LogP contribution is -2.48. The predicted molar refractivity (Wildman–Crippen MR) is 112 cm³/mol. The van der Waals surface area contributed by atoms with Gasteiger partial charge in [-0.15, -0.1) is 11.3 Å². The van der Waals surface area contributed by atoms with Crippen LogP contribution in [0.15, 0.2) is 53.2 Å². The van der Waals surface area contributed by atoms with Crippen LogP contribution in [0, 0.1) is 6.92 Å². The molecule has 7 nitrogen and oxygen atoms in total. The summed E-state index contributed by atoms with van der Waals surface area (Å²) in [7, 11) is 0. The van der Waals surface area contributed by atoms with Gasteiger partial charge in [-0.1, -0.05) is 23.4 Å². The van der Waals surface area contributed by atoms with E-state index in [1.165, 1.54) is 0 Å². The highest BCUT2D eigenvalue weighted by molar-refractivity contribution is 7.20. The van der Waals surface area contributed by atoms with Crippen molar-refractivity contribution >= 4 is 33.1 Å². The Hall–Kier alpha value is -3.26. The van der Waals surface area contributed by atoms with E-state index in [1.54, 1.807) is 24.5 Å². The standard InChI is InChI=1S/C21H19N5O2S/c1-14-23-20(24-28-14)16-6-7-19(22-13-16)25-8-10-26(11-9-25)21(27)18-12-15-4-2-3-5-17(15)29-18/h2-7,12-13H,8-11H2,1H3. The number of pyridine rings is 1. The first-order chi connectivity index (χ1) is 14.2. The van der Waals surface area contributed by atoms with Crippen LogP contribution in [-0.4, -0.2) is 52.1 Å². The molecule has 5 rings (SSSR count). The Bertz CT molecular complexity index is 1130. The van der Waals surface area contributed by atoms with Gasteiger partial charge in [0.15, 0.2) is 0 Å². The van der Waals surface area contributed by atoms with Crippen LogP contribution in [0.4, 0.5) is 5.82 Å². The molecule has 0 bridgehead atoms. The van der Waals surface area contributed by atoms with Crippen molar-refractivity contribution in [3.63, 3.8) is 0 Å². The number of hydrogen-bond donors (Lipinski definition) is 0. The Balaban J connectivity index is 1.24. The molecule has 8 heteroatoms. The number of carbonyl (C=O) groups excluding carboxylic acids is 1. The second kappa shape index (κ2) is 7.29. The molecule has 1 aliphatic rings. The molecule has 0 radical (unpaired) electrons. The summed E-state index contributed by atoms with van der Waals surface area (Å²) in [5, 5.41) is 5.04. The molecule has 0 atom stereocenters. The number of aryl methyl sites for hydroxylation is 1. The van der Waals surface area contributed by atoms with E-state index >= 15 is 0 Å². The fraction of sp³-hybridized carbons (Fsp3) is 0.238. The maximum absolute atomic E-state index is 12.9. The van der Waals surface area contributed by atoms with Crippen LogP contribution in [0.2, 0.25) is 0 Å². The molecule has 1 saturated heterocycles. The van der Waals surface area contributed by atoms with Crippen molar-refractivity contribution in [2.24, 2.45) is 0 Å². The molecule has 0 aliphatic carbocycles. The van der Waals surface area contributed by atoms with E-state index in [2.05, 4.69) is 26.1 Å². The minimum absolute atomic E-state index is 0.113. The van der Waals surface area contributed by atoms with Gasteiger partial charge in [-0.3, -0.25) is 4.79 Å². The van der Waals surface area contributed by atoms with Crippen LogP contribution in [0.25, 0.3) is 21.5 Å². The van der Waals surface area contributed by atoms with E-state index in [0.29, 0.717) is 24.8 Å². The lowest BCUT2D eigenvalue weighted by molar-refractivity contribution is 0.0751. The highest BCUT2D eigenvalue weighted by Gasteiger charge is 2.24. The van der Waals surface area contributed by atoms with Gasteiger partial charge in [0, 0.05) is 49.6 Å². The van der Waals surface area contributed by atoms with Gasteiger partial charge >= 0.3 is 0 Å². The van der Waals surface area contributed by atoms with Crippen LogP contribution < -0.4 is 4.90 Å². The predicted octanol–water partition coefficient (Wildman–Crippen LogP) is 3.62. The zero-order valence-corrected chi connectivity index (χ0v) is 16.7. The average Bonchev–Trinajstić information content (AvgIpc) is 3.40. The first-order valence-corrected chi connectivity index (χ1v) is 10.3. The van der Waals surface area contributed by atoms with Gasteiger partial charge in [0.2, 0.25) is 11.7 Å². The Morgan fingerprint density at radius 1 is 1.10 bits per heavy atom. The fourth-order valence-electron chi connectivity index (χ4n) is 3.50. The Kier molecular flexibility index (Phi) is 4.48. The van der Waals surface area contributed by atoms with Gasteiger partial charge in [0.1, 0.15) is 5.82 Å². The molecule has 0 N–H and O–H groups in total.